The number of nitrogens with one attached hydrogen (secondary N) is 2. The molecule has 2 amide bonds. The maximum Gasteiger partial charge on any atom is 0.341 e. The Bertz CT molecular complexity index is 1480. The lowest BCUT2D eigenvalue weighted by molar-refractivity contribution is -0.385. The van der Waals surface area contributed by atoms with E-state index in [1.807, 2.05) is 0 Å². The van der Waals surface area contributed by atoms with Crippen LogP contribution < -0.4 is 10.6 Å². The molecule has 4 rings (SSSR count). The van der Waals surface area contributed by atoms with Crippen molar-refractivity contribution in [2.24, 2.45) is 7.05 Å². The zero-order valence-corrected chi connectivity index (χ0v) is 24.9. The third-order valence-electron chi connectivity index (χ3n) is 6.79. The molecule has 1 aliphatic rings. The molecule has 1 aliphatic carbocycles. The van der Waals surface area contributed by atoms with Crippen molar-refractivity contribution < 1.29 is 24.0 Å². The summed E-state index contributed by atoms with van der Waals surface area (Å²) in [6, 6.07) is 4.29. The molecule has 12 nitrogen and oxygen atoms in total. The number of carbonyl (C=O) groups excluding carboxylic acids is 3. The highest BCUT2D eigenvalue weighted by Crippen LogP contribution is 2.38. The molecule has 0 bridgehead atoms. The van der Waals surface area contributed by atoms with E-state index < -0.39 is 22.0 Å². The Morgan fingerprint density at radius 3 is 2.71 bits per heavy atom. The standard InChI is InChI=1S/C27H32N6O6S2/c1-5-39-26(36)22-18-9-7-6-8-10-20(18)41-25(22)29-23(34)16(3)40-27-31-30-21(32(27)4)14-28-24(35)17-12-11-15(2)19(13-17)33(37)38/h11-13,16H,5-10,14H2,1-4H3,(H,28,35)(H,29,34)/t16-/m0/s1. The second-order valence-corrected chi connectivity index (χ2v) is 12.1. The maximum atomic E-state index is 13.2. The number of aromatic nitrogens is 3. The molecular weight excluding hydrogens is 568 g/mol. The van der Waals surface area contributed by atoms with Crippen LogP contribution in [0.1, 0.15) is 75.7 Å². The SMILES string of the molecule is CCOC(=O)c1c(NC(=O)[C@H](C)Sc2nnc(CNC(=O)c3ccc(C)c([N+](=O)[O-])c3)n2C)sc2c1CCCCC2. The minimum absolute atomic E-state index is 0.0365. The van der Waals surface area contributed by atoms with Gasteiger partial charge in [-0.1, -0.05) is 24.2 Å². The molecule has 0 radical (unpaired) electrons. The summed E-state index contributed by atoms with van der Waals surface area (Å²) in [7, 11) is 1.72. The van der Waals surface area contributed by atoms with Crippen molar-refractivity contribution in [2.45, 2.75) is 69.8 Å². The van der Waals surface area contributed by atoms with Gasteiger partial charge in [-0.3, -0.25) is 19.7 Å². The first-order valence-electron chi connectivity index (χ1n) is 13.3. The van der Waals surface area contributed by atoms with Crippen LogP contribution in [0.25, 0.3) is 0 Å². The van der Waals surface area contributed by atoms with Crippen LogP contribution in [0.15, 0.2) is 23.4 Å². The summed E-state index contributed by atoms with van der Waals surface area (Å²) < 4.78 is 6.98. The highest BCUT2D eigenvalue weighted by atomic mass is 32.2. The minimum atomic E-state index is -0.564. The topological polar surface area (TPSA) is 158 Å². The van der Waals surface area contributed by atoms with Gasteiger partial charge in [-0.15, -0.1) is 21.5 Å². The van der Waals surface area contributed by atoms with Gasteiger partial charge in [0.15, 0.2) is 11.0 Å². The first-order chi connectivity index (χ1) is 19.6. The number of thioether (sulfide) groups is 1. The molecule has 2 N–H and O–H groups in total. The van der Waals surface area contributed by atoms with Gasteiger partial charge in [0, 0.05) is 29.1 Å². The van der Waals surface area contributed by atoms with Crippen LogP contribution in [0.3, 0.4) is 0 Å². The summed E-state index contributed by atoms with van der Waals surface area (Å²) in [6.45, 7) is 5.39. The number of fused-ring (bicyclic) bond motifs is 1. The number of ether oxygens (including phenoxy) is 1. The predicted octanol–water partition coefficient (Wildman–Crippen LogP) is 4.59. The highest BCUT2D eigenvalue weighted by molar-refractivity contribution is 8.00. The smallest absolute Gasteiger partial charge is 0.341 e. The van der Waals surface area contributed by atoms with E-state index in [1.165, 1.54) is 41.3 Å². The first-order valence-corrected chi connectivity index (χ1v) is 15.0. The molecule has 0 fully saturated rings. The minimum Gasteiger partial charge on any atom is -0.462 e. The van der Waals surface area contributed by atoms with Crippen LogP contribution >= 0.6 is 23.1 Å². The van der Waals surface area contributed by atoms with E-state index in [9.17, 15) is 24.5 Å². The Morgan fingerprint density at radius 1 is 1.22 bits per heavy atom. The monoisotopic (exact) mass is 600 g/mol. The molecule has 1 atom stereocenters. The molecule has 2 aromatic heterocycles. The molecular formula is C27H32N6O6S2. The quantitative estimate of drug-likeness (QED) is 0.112. The molecule has 41 heavy (non-hydrogen) atoms. The zero-order valence-electron chi connectivity index (χ0n) is 23.3. The van der Waals surface area contributed by atoms with Gasteiger partial charge in [0.1, 0.15) is 5.00 Å². The summed E-state index contributed by atoms with van der Waals surface area (Å²) in [4.78, 5) is 50.4. The number of rotatable bonds is 10. The number of anilines is 1. The lowest BCUT2D eigenvalue weighted by Gasteiger charge is -2.12. The summed E-state index contributed by atoms with van der Waals surface area (Å²) in [6.07, 6.45) is 4.83. The van der Waals surface area contributed by atoms with E-state index in [-0.39, 0.29) is 30.3 Å². The van der Waals surface area contributed by atoms with Crippen LogP contribution in [0.5, 0.6) is 0 Å². The van der Waals surface area contributed by atoms with E-state index in [1.54, 1.807) is 32.4 Å². The maximum absolute atomic E-state index is 13.2. The van der Waals surface area contributed by atoms with Gasteiger partial charge in [-0.25, -0.2) is 4.79 Å². The summed E-state index contributed by atoms with van der Waals surface area (Å²) in [5.41, 5.74) is 1.95. The van der Waals surface area contributed by atoms with E-state index in [2.05, 4.69) is 20.8 Å². The van der Waals surface area contributed by atoms with Gasteiger partial charge < -0.3 is 19.9 Å². The number of thiophene rings is 1. The third-order valence-corrected chi connectivity index (χ3v) is 9.13. The number of nitro groups is 1. The fourth-order valence-corrected chi connectivity index (χ4v) is 6.60. The number of esters is 1. The molecule has 1 aromatic carbocycles. The van der Waals surface area contributed by atoms with Crippen LogP contribution in [0.4, 0.5) is 10.7 Å². The number of aryl methyl sites for hydroxylation is 2. The largest absolute Gasteiger partial charge is 0.462 e. The van der Waals surface area contributed by atoms with Gasteiger partial charge in [-0.05, 0) is 58.1 Å². The predicted molar refractivity (Wildman–Crippen MR) is 155 cm³/mol. The third kappa shape index (κ3) is 6.93. The van der Waals surface area contributed by atoms with Crippen molar-refractivity contribution in [1.29, 1.82) is 0 Å². The van der Waals surface area contributed by atoms with Gasteiger partial charge in [0.2, 0.25) is 5.91 Å². The molecule has 0 spiro atoms. The Morgan fingerprint density at radius 2 is 1.98 bits per heavy atom. The molecule has 0 saturated heterocycles. The van der Waals surface area contributed by atoms with E-state index in [4.69, 9.17) is 4.74 Å². The number of carbonyl (C=O) groups is 3. The fraction of sp³-hybridized carbons (Fsp3) is 0.444. The van der Waals surface area contributed by atoms with E-state index in [0.29, 0.717) is 27.1 Å². The average molecular weight is 601 g/mol. The number of nitrogens with zero attached hydrogens (tertiary/aromatic N) is 4. The lowest BCUT2D eigenvalue weighted by atomic mass is 10.1. The lowest BCUT2D eigenvalue weighted by Crippen LogP contribution is -2.25. The van der Waals surface area contributed by atoms with Crippen molar-refractivity contribution in [2.75, 3.05) is 11.9 Å². The highest BCUT2D eigenvalue weighted by Gasteiger charge is 2.28. The second kappa shape index (κ2) is 13.3. The Kier molecular flexibility index (Phi) is 9.76. The summed E-state index contributed by atoms with van der Waals surface area (Å²) >= 11 is 2.64. The second-order valence-electron chi connectivity index (χ2n) is 9.64. The summed E-state index contributed by atoms with van der Waals surface area (Å²) in [5, 5.41) is 25.6. The first kappa shape index (κ1) is 30.2. The number of benzene rings is 1. The van der Waals surface area contributed by atoms with Crippen molar-refractivity contribution in [3.8, 4) is 0 Å². The van der Waals surface area contributed by atoms with Gasteiger partial charge in [0.05, 0.1) is 28.9 Å². The number of hydrogen-bond acceptors (Lipinski definition) is 10. The molecule has 14 heteroatoms. The van der Waals surface area contributed by atoms with E-state index >= 15 is 0 Å². The molecule has 218 valence electrons. The van der Waals surface area contributed by atoms with Gasteiger partial charge in [0.25, 0.3) is 11.6 Å². The molecule has 0 saturated carbocycles. The van der Waals surface area contributed by atoms with Gasteiger partial charge >= 0.3 is 5.97 Å². The zero-order chi connectivity index (χ0) is 29.7. The average Bonchev–Trinajstić information content (AvgIpc) is 3.36. The van der Waals surface area contributed by atoms with Crippen molar-refractivity contribution in [3.63, 3.8) is 0 Å². The Labute approximate surface area is 245 Å². The van der Waals surface area contributed by atoms with Crippen molar-refractivity contribution in [3.05, 3.63) is 61.3 Å². The van der Waals surface area contributed by atoms with Crippen LogP contribution in [-0.2, 0) is 36.0 Å². The molecule has 0 aliphatic heterocycles. The van der Waals surface area contributed by atoms with Crippen LogP contribution in [0, 0.1) is 17.0 Å². The van der Waals surface area contributed by atoms with E-state index in [0.717, 1.165) is 42.5 Å². The van der Waals surface area contributed by atoms with Crippen LogP contribution in [0.2, 0.25) is 0 Å². The number of nitro benzene ring substituents is 1. The Balaban J connectivity index is 1.41. The Hall–Kier alpha value is -3.78. The van der Waals surface area contributed by atoms with Crippen molar-refractivity contribution in [1.82, 2.24) is 20.1 Å². The summed E-state index contributed by atoms with van der Waals surface area (Å²) in [5.74, 6) is -0.732. The fourth-order valence-electron chi connectivity index (χ4n) is 4.49. The number of hydrogen-bond donors (Lipinski definition) is 2. The molecule has 2 heterocycles. The van der Waals surface area contributed by atoms with Gasteiger partial charge in [-0.2, -0.15) is 0 Å². The molecule has 3 aromatic rings. The number of amides is 2. The van der Waals surface area contributed by atoms with Crippen LogP contribution in [-0.4, -0.2) is 49.3 Å². The molecule has 0 unspecified atom stereocenters. The normalized spacial score (nSPS) is 13.6. The van der Waals surface area contributed by atoms with Crippen molar-refractivity contribution >= 4 is 51.6 Å².